The Morgan fingerprint density at radius 1 is 1.05 bits per heavy atom. The van der Waals surface area contributed by atoms with E-state index in [4.69, 9.17) is 0 Å². The summed E-state index contributed by atoms with van der Waals surface area (Å²) >= 11 is 0. The number of aliphatic hydroxyl groups is 1. The molecule has 0 radical (unpaired) electrons. The van der Waals surface area contributed by atoms with E-state index in [2.05, 4.69) is 0 Å². The van der Waals surface area contributed by atoms with Gasteiger partial charge in [-0.25, -0.2) is 4.39 Å². The second-order valence-electron chi connectivity index (χ2n) is 4.55. The predicted molar refractivity (Wildman–Crippen MR) is 66.6 cm³/mol. The van der Waals surface area contributed by atoms with E-state index < -0.39 is 23.7 Å². The molecular weight excluding hydrogens is 272 g/mol. The zero-order valence-corrected chi connectivity index (χ0v) is 10.6. The highest BCUT2D eigenvalue weighted by atomic mass is 19.4. The van der Waals surface area contributed by atoms with Crippen LogP contribution >= 0.6 is 0 Å². The van der Waals surface area contributed by atoms with E-state index in [1.165, 1.54) is 30.3 Å². The van der Waals surface area contributed by atoms with E-state index in [0.717, 1.165) is 12.1 Å². The molecule has 0 saturated heterocycles. The minimum atomic E-state index is -4.57. The molecule has 0 fully saturated rings. The summed E-state index contributed by atoms with van der Waals surface area (Å²) in [6.07, 6.45) is -6.10. The molecule has 1 nitrogen and oxygen atoms in total. The number of alkyl halides is 3. The summed E-state index contributed by atoms with van der Waals surface area (Å²) < 4.78 is 52.0. The molecule has 20 heavy (non-hydrogen) atoms. The zero-order chi connectivity index (χ0) is 14.9. The third kappa shape index (κ3) is 2.99. The van der Waals surface area contributed by atoms with Crippen LogP contribution in [0.3, 0.4) is 0 Å². The molecule has 2 aromatic rings. The van der Waals surface area contributed by atoms with Crippen molar-refractivity contribution < 1.29 is 22.7 Å². The molecule has 0 aromatic heterocycles. The Labute approximate surface area is 113 Å². The van der Waals surface area contributed by atoms with Gasteiger partial charge in [0.15, 0.2) is 0 Å². The fraction of sp³-hybridized carbons (Fsp3) is 0.200. The number of aliphatic hydroxyl groups excluding tert-OH is 1. The van der Waals surface area contributed by atoms with Gasteiger partial charge in [0.05, 0.1) is 5.56 Å². The summed E-state index contributed by atoms with van der Waals surface area (Å²) in [5.74, 6) is -0.594. The summed E-state index contributed by atoms with van der Waals surface area (Å²) in [6.45, 7) is 1.61. The Morgan fingerprint density at radius 2 is 1.70 bits per heavy atom. The van der Waals surface area contributed by atoms with Crippen LogP contribution in [0, 0.1) is 12.7 Å². The Bertz CT molecular complexity index is 599. The lowest BCUT2D eigenvalue weighted by atomic mass is 9.95. The SMILES string of the molecule is Cc1cc(F)cc(C(O)c2ccccc2C(F)(F)F)c1. The molecule has 1 N–H and O–H groups in total. The minimum absolute atomic E-state index is 0.0965. The number of hydrogen-bond acceptors (Lipinski definition) is 1. The van der Waals surface area contributed by atoms with Crippen molar-refractivity contribution in [3.8, 4) is 0 Å². The standard InChI is InChI=1S/C15H12F4O/c1-9-6-10(8-11(16)7-9)14(20)12-4-2-3-5-13(12)15(17,18)19/h2-8,14,20H,1H3. The third-order valence-electron chi connectivity index (χ3n) is 2.94. The minimum Gasteiger partial charge on any atom is -0.384 e. The molecule has 0 spiro atoms. The smallest absolute Gasteiger partial charge is 0.384 e. The van der Waals surface area contributed by atoms with Gasteiger partial charge >= 0.3 is 6.18 Å². The van der Waals surface area contributed by atoms with Gasteiger partial charge in [-0.15, -0.1) is 0 Å². The maximum atomic E-state index is 13.3. The maximum absolute atomic E-state index is 13.3. The van der Waals surface area contributed by atoms with Crippen LogP contribution in [0.15, 0.2) is 42.5 Å². The van der Waals surface area contributed by atoms with Crippen molar-refractivity contribution in [2.75, 3.05) is 0 Å². The van der Waals surface area contributed by atoms with Crippen molar-refractivity contribution in [2.24, 2.45) is 0 Å². The average molecular weight is 284 g/mol. The lowest BCUT2D eigenvalue weighted by molar-refractivity contribution is -0.139. The molecule has 0 heterocycles. The van der Waals surface area contributed by atoms with Crippen molar-refractivity contribution in [3.05, 3.63) is 70.5 Å². The molecule has 1 atom stereocenters. The maximum Gasteiger partial charge on any atom is 0.416 e. The van der Waals surface area contributed by atoms with Crippen LogP contribution in [0.4, 0.5) is 17.6 Å². The van der Waals surface area contributed by atoms with Crippen LogP contribution in [0.1, 0.15) is 28.4 Å². The molecule has 106 valence electrons. The van der Waals surface area contributed by atoms with E-state index in [1.807, 2.05) is 0 Å². The van der Waals surface area contributed by atoms with Crippen LogP contribution in [-0.4, -0.2) is 5.11 Å². The molecule has 0 saturated carbocycles. The first-order chi connectivity index (χ1) is 9.29. The summed E-state index contributed by atoms with van der Waals surface area (Å²) in [5, 5.41) is 10.1. The zero-order valence-electron chi connectivity index (χ0n) is 10.6. The lowest BCUT2D eigenvalue weighted by Gasteiger charge is -2.18. The number of halogens is 4. The summed E-state index contributed by atoms with van der Waals surface area (Å²) in [5.41, 5.74) is -0.581. The van der Waals surface area contributed by atoms with Crippen LogP contribution in [-0.2, 0) is 6.18 Å². The van der Waals surface area contributed by atoms with Crippen LogP contribution in [0.5, 0.6) is 0 Å². The van der Waals surface area contributed by atoms with Gasteiger partial charge < -0.3 is 5.11 Å². The van der Waals surface area contributed by atoms with Gasteiger partial charge in [0.2, 0.25) is 0 Å². The number of rotatable bonds is 2. The first-order valence-electron chi connectivity index (χ1n) is 5.90. The normalized spacial score (nSPS) is 13.3. The molecule has 0 amide bonds. The van der Waals surface area contributed by atoms with Crippen LogP contribution in [0.25, 0.3) is 0 Å². The number of hydrogen-bond donors (Lipinski definition) is 1. The lowest BCUT2D eigenvalue weighted by Crippen LogP contribution is -2.12. The van der Waals surface area contributed by atoms with Crippen molar-refractivity contribution in [3.63, 3.8) is 0 Å². The summed E-state index contributed by atoms with van der Waals surface area (Å²) in [4.78, 5) is 0. The Balaban J connectivity index is 2.51. The van der Waals surface area contributed by atoms with E-state index >= 15 is 0 Å². The molecule has 1 unspecified atom stereocenters. The Morgan fingerprint density at radius 3 is 2.30 bits per heavy atom. The molecule has 5 heteroatoms. The van der Waals surface area contributed by atoms with Crippen molar-refractivity contribution in [2.45, 2.75) is 19.2 Å². The number of benzene rings is 2. The van der Waals surface area contributed by atoms with Crippen LogP contribution < -0.4 is 0 Å². The van der Waals surface area contributed by atoms with Crippen molar-refractivity contribution in [1.82, 2.24) is 0 Å². The fourth-order valence-electron chi connectivity index (χ4n) is 2.10. The van der Waals surface area contributed by atoms with Crippen molar-refractivity contribution in [1.29, 1.82) is 0 Å². The second-order valence-corrected chi connectivity index (χ2v) is 4.55. The largest absolute Gasteiger partial charge is 0.416 e. The van der Waals surface area contributed by atoms with Gasteiger partial charge in [0, 0.05) is 0 Å². The Kier molecular flexibility index (Phi) is 3.81. The quantitative estimate of drug-likeness (QED) is 0.818. The third-order valence-corrected chi connectivity index (χ3v) is 2.94. The predicted octanol–water partition coefficient (Wildman–Crippen LogP) is 4.23. The van der Waals surface area contributed by atoms with E-state index in [1.54, 1.807) is 6.92 Å². The van der Waals surface area contributed by atoms with Gasteiger partial charge in [-0.05, 0) is 41.8 Å². The summed E-state index contributed by atoms with van der Waals surface area (Å²) in [6, 6.07) is 8.46. The molecule has 0 aliphatic heterocycles. The average Bonchev–Trinajstić information content (AvgIpc) is 2.35. The fourth-order valence-corrected chi connectivity index (χ4v) is 2.10. The first kappa shape index (κ1) is 14.5. The van der Waals surface area contributed by atoms with Crippen molar-refractivity contribution >= 4 is 0 Å². The van der Waals surface area contributed by atoms with E-state index in [0.29, 0.717) is 5.56 Å². The second kappa shape index (κ2) is 5.25. The number of aryl methyl sites for hydroxylation is 1. The highest BCUT2D eigenvalue weighted by molar-refractivity contribution is 5.38. The van der Waals surface area contributed by atoms with Gasteiger partial charge in [-0.1, -0.05) is 24.3 Å². The first-order valence-corrected chi connectivity index (χ1v) is 5.90. The van der Waals surface area contributed by atoms with Crippen LogP contribution in [0.2, 0.25) is 0 Å². The van der Waals surface area contributed by atoms with Gasteiger partial charge in [0.1, 0.15) is 11.9 Å². The molecule has 2 aromatic carbocycles. The molecule has 0 aliphatic carbocycles. The Hall–Kier alpha value is -1.88. The highest BCUT2D eigenvalue weighted by Crippen LogP contribution is 2.36. The highest BCUT2D eigenvalue weighted by Gasteiger charge is 2.34. The topological polar surface area (TPSA) is 20.2 Å². The van der Waals surface area contributed by atoms with Gasteiger partial charge in [-0.2, -0.15) is 13.2 Å². The summed E-state index contributed by atoms with van der Waals surface area (Å²) in [7, 11) is 0. The van der Waals surface area contributed by atoms with E-state index in [9.17, 15) is 22.7 Å². The monoisotopic (exact) mass is 284 g/mol. The molecule has 2 rings (SSSR count). The van der Waals surface area contributed by atoms with Gasteiger partial charge in [-0.3, -0.25) is 0 Å². The molecular formula is C15H12F4O. The molecule has 0 bridgehead atoms. The van der Waals surface area contributed by atoms with E-state index in [-0.39, 0.29) is 11.1 Å². The molecule has 0 aliphatic rings. The van der Waals surface area contributed by atoms with Gasteiger partial charge in [0.25, 0.3) is 0 Å².